The minimum Gasteiger partial charge on any atom is -0.364 e. The Labute approximate surface area is 163 Å². The molecule has 7 heteroatoms. The molecule has 3 heterocycles. The van der Waals surface area contributed by atoms with Crippen molar-refractivity contribution in [3.8, 4) is 0 Å². The molecule has 0 aliphatic carbocycles. The third kappa shape index (κ3) is 5.45. The molecule has 2 aliphatic rings. The summed E-state index contributed by atoms with van der Waals surface area (Å²) in [6.07, 6.45) is 4.31. The summed E-state index contributed by atoms with van der Waals surface area (Å²) in [7, 11) is 1.89. The second-order valence-corrected chi connectivity index (χ2v) is 8.66. The lowest BCUT2D eigenvalue weighted by atomic mass is 9.93. The first-order valence-electron chi connectivity index (χ1n) is 10.3. The molecule has 1 aromatic rings. The molecule has 0 radical (unpaired) electrons. The molecule has 2 fully saturated rings. The Kier molecular flexibility index (Phi) is 6.76. The van der Waals surface area contributed by atoms with Gasteiger partial charge in [0.05, 0.1) is 5.69 Å². The van der Waals surface area contributed by atoms with Crippen LogP contribution in [0.25, 0.3) is 0 Å². The van der Waals surface area contributed by atoms with Gasteiger partial charge in [-0.2, -0.15) is 0 Å². The summed E-state index contributed by atoms with van der Waals surface area (Å²) in [6, 6.07) is 1.94. The average Bonchev–Trinajstić information content (AvgIpc) is 3.16. The van der Waals surface area contributed by atoms with Crippen molar-refractivity contribution in [1.29, 1.82) is 0 Å². The van der Waals surface area contributed by atoms with Gasteiger partial charge in [-0.05, 0) is 39.2 Å². The van der Waals surface area contributed by atoms with Crippen molar-refractivity contribution in [2.24, 2.45) is 10.9 Å². The van der Waals surface area contributed by atoms with Gasteiger partial charge in [-0.3, -0.25) is 14.8 Å². The van der Waals surface area contributed by atoms with E-state index in [1.54, 1.807) is 6.26 Å². The molecule has 1 aromatic heterocycles. The Balaban J connectivity index is 1.46. The van der Waals surface area contributed by atoms with Crippen LogP contribution in [0, 0.1) is 5.92 Å². The maximum atomic E-state index is 4.93. The molecule has 2 saturated heterocycles. The van der Waals surface area contributed by atoms with Gasteiger partial charge < -0.3 is 14.7 Å². The maximum Gasteiger partial charge on any atom is 0.193 e. The topological polar surface area (TPSA) is 60.1 Å². The zero-order valence-electron chi connectivity index (χ0n) is 17.4. The lowest BCUT2D eigenvalue weighted by Crippen LogP contribution is -2.58. The number of piperidine rings is 1. The Morgan fingerprint density at radius 3 is 2.70 bits per heavy atom. The largest absolute Gasteiger partial charge is 0.364 e. The van der Waals surface area contributed by atoms with Crippen molar-refractivity contribution in [3.63, 3.8) is 0 Å². The standard InChI is InChI=1S/C20H36N6O/c1-17-6-5-8-26(14-17)20(2,3)16-22-19(21-4)25-11-9-24(10-12-25)15-18-7-13-27-23-18/h7,13,17H,5-6,8-12,14-16H2,1-4H3,(H,21,22). The summed E-state index contributed by atoms with van der Waals surface area (Å²) in [5.41, 5.74) is 1.14. The Morgan fingerprint density at radius 1 is 1.30 bits per heavy atom. The molecule has 3 rings (SSSR count). The normalized spacial score (nSPS) is 23.6. The molecule has 0 spiro atoms. The molecule has 0 amide bonds. The molecule has 7 nitrogen and oxygen atoms in total. The zero-order chi connectivity index (χ0) is 19.3. The quantitative estimate of drug-likeness (QED) is 0.625. The molecule has 0 bridgehead atoms. The van der Waals surface area contributed by atoms with Gasteiger partial charge in [0.25, 0.3) is 0 Å². The van der Waals surface area contributed by atoms with Gasteiger partial charge in [0.1, 0.15) is 6.26 Å². The van der Waals surface area contributed by atoms with Gasteiger partial charge in [0.2, 0.25) is 0 Å². The van der Waals surface area contributed by atoms with Crippen LogP contribution < -0.4 is 5.32 Å². The second kappa shape index (κ2) is 9.06. The predicted molar refractivity (Wildman–Crippen MR) is 109 cm³/mol. The lowest BCUT2D eigenvalue weighted by Gasteiger charge is -2.44. The van der Waals surface area contributed by atoms with Crippen LogP contribution in [-0.2, 0) is 6.54 Å². The number of hydrogen-bond acceptors (Lipinski definition) is 5. The van der Waals surface area contributed by atoms with Crippen molar-refractivity contribution in [1.82, 2.24) is 25.2 Å². The van der Waals surface area contributed by atoms with E-state index in [4.69, 9.17) is 4.52 Å². The van der Waals surface area contributed by atoms with E-state index >= 15 is 0 Å². The van der Waals surface area contributed by atoms with E-state index in [0.29, 0.717) is 0 Å². The highest BCUT2D eigenvalue weighted by molar-refractivity contribution is 5.80. The van der Waals surface area contributed by atoms with Crippen molar-refractivity contribution in [2.45, 2.75) is 45.7 Å². The van der Waals surface area contributed by atoms with Crippen LogP contribution in [-0.4, -0.2) is 84.2 Å². The van der Waals surface area contributed by atoms with Crippen LogP contribution in [0.5, 0.6) is 0 Å². The van der Waals surface area contributed by atoms with E-state index in [-0.39, 0.29) is 5.54 Å². The number of hydrogen-bond donors (Lipinski definition) is 1. The van der Waals surface area contributed by atoms with Crippen LogP contribution in [0.3, 0.4) is 0 Å². The van der Waals surface area contributed by atoms with Crippen LogP contribution in [0.15, 0.2) is 21.8 Å². The smallest absolute Gasteiger partial charge is 0.193 e. The molecule has 1 atom stereocenters. The third-order valence-corrected chi connectivity index (χ3v) is 5.95. The summed E-state index contributed by atoms with van der Waals surface area (Å²) >= 11 is 0. The first-order chi connectivity index (χ1) is 13.0. The van der Waals surface area contributed by atoms with Gasteiger partial charge in [-0.1, -0.05) is 12.1 Å². The SMILES string of the molecule is CN=C(NCC(C)(C)N1CCCC(C)C1)N1CCN(Cc2ccon2)CC1. The fraction of sp³-hybridized carbons (Fsp3) is 0.800. The van der Waals surface area contributed by atoms with Crippen LogP contribution in [0.2, 0.25) is 0 Å². The van der Waals surface area contributed by atoms with Gasteiger partial charge >= 0.3 is 0 Å². The Morgan fingerprint density at radius 2 is 2.07 bits per heavy atom. The number of aromatic nitrogens is 1. The van der Waals surface area contributed by atoms with Crippen molar-refractivity contribution in [2.75, 3.05) is 52.9 Å². The fourth-order valence-electron chi connectivity index (χ4n) is 4.14. The first-order valence-corrected chi connectivity index (χ1v) is 10.3. The number of guanidine groups is 1. The number of likely N-dealkylation sites (tertiary alicyclic amines) is 1. The van der Waals surface area contributed by atoms with Gasteiger partial charge in [-0.25, -0.2) is 0 Å². The highest BCUT2D eigenvalue weighted by Crippen LogP contribution is 2.23. The second-order valence-electron chi connectivity index (χ2n) is 8.66. The monoisotopic (exact) mass is 376 g/mol. The maximum absolute atomic E-state index is 4.93. The number of rotatable bonds is 5. The lowest BCUT2D eigenvalue weighted by molar-refractivity contribution is 0.0730. The minimum absolute atomic E-state index is 0.138. The summed E-state index contributed by atoms with van der Waals surface area (Å²) in [5, 5.41) is 7.66. The highest BCUT2D eigenvalue weighted by atomic mass is 16.5. The van der Waals surface area contributed by atoms with E-state index in [1.807, 2.05) is 13.1 Å². The van der Waals surface area contributed by atoms with Crippen LogP contribution in [0.1, 0.15) is 39.3 Å². The van der Waals surface area contributed by atoms with E-state index < -0.39 is 0 Å². The van der Waals surface area contributed by atoms with E-state index in [9.17, 15) is 0 Å². The fourth-order valence-corrected chi connectivity index (χ4v) is 4.14. The minimum atomic E-state index is 0.138. The summed E-state index contributed by atoms with van der Waals surface area (Å²) in [6.45, 7) is 15.3. The Hall–Kier alpha value is -1.60. The molecule has 2 aliphatic heterocycles. The van der Waals surface area contributed by atoms with Crippen molar-refractivity contribution in [3.05, 3.63) is 18.0 Å². The number of nitrogens with zero attached hydrogens (tertiary/aromatic N) is 5. The average molecular weight is 377 g/mol. The van der Waals surface area contributed by atoms with E-state index in [2.05, 4.69) is 50.9 Å². The van der Waals surface area contributed by atoms with Gasteiger partial charge in [-0.15, -0.1) is 0 Å². The highest BCUT2D eigenvalue weighted by Gasteiger charge is 2.31. The van der Waals surface area contributed by atoms with Gasteiger partial charge in [0.15, 0.2) is 5.96 Å². The molecule has 1 unspecified atom stereocenters. The number of piperazine rings is 1. The molecule has 152 valence electrons. The van der Waals surface area contributed by atoms with Crippen LogP contribution in [0.4, 0.5) is 0 Å². The molecule has 0 saturated carbocycles. The molecular formula is C20H36N6O. The molecule has 0 aromatic carbocycles. The van der Waals surface area contributed by atoms with E-state index in [0.717, 1.165) is 56.8 Å². The number of aliphatic imine (C=N–C) groups is 1. The Bertz CT molecular complexity index is 592. The first kappa shape index (κ1) is 20.1. The van der Waals surface area contributed by atoms with Gasteiger partial charge in [0, 0.05) is 64.5 Å². The summed E-state index contributed by atoms with van der Waals surface area (Å²) in [4.78, 5) is 12.0. The van der Waals surface area contributed by atoms with E-state index in [1.165, 1.54) is 25.9 Å². The summed E-state index contributed by atoms with van der Waals surface area (Å²) < 4.78 is 4.93. The van der Waals surface area contributed by atoms with Crippen LogP contribution >= 0.6 is 0 Å². The predicted octanol–water partition coefficient (Wildman–Crippen LogP) is 1.88. The molecule has 27 heavy (non-hydrogen) atoms. The number of nitrogens with one attached hydrogen (secondary N) is 1. The molecular weight excluding hydrogens is 340 g/mol. The zero-order valence-corrected chi connectivity index (χ0v) is 17.4. The van der Waals surface area contributed by atoms with Crippen molar-refractivity contribution >= 4 is 5.96 Å². The third-order valence-electron chi connectivity index (χ3n) is 5.95. The summed E-state index contributed by atoms with van der Waals surface area (Å²) in [5.74, 6) is 1.82. The van der Waals surface area contributed by atoms with Crippen molar-refractivity contribution < 1.29 is 4.52 Å². The molecule has 1 N–H and O–H groups in total.